The molecule has 2 rings (SSSR count). The molecule has 0 spiro atoms. The third kappa shape index (κ3) is 3.81. The summed E-state index contributed by atoms with van der Waals surface area (Å²) in [6.07, 6.45) is 3.41. The first-order valence-electron chi connectivity index (χ1n) is 6.30. The molecule has 0 saturated heterocycles. The molecule has 2 aromatic rings. The number of rotatable bonds is 5. The average Bonchev–Trinajstić information content (AvgIpc) is 2.47. The second-order valence-electron chi connectivity index (χ2n) is 4.07. The Morgan fingerprint density at radius 2 is 1.74 bits per heavy atom. The van der Waals surface area contributed by atoms with E-state index < -0.39 is 0 Å². The van der Waals surface area contributed by atoms with Gasteiger partial charge in [-0.2, -0.15) is 0 Å². The van der Waals surface area contributed by atoms with Gasteiger partial charge in [-0.15, -0.1) is 0 Å². The number of ether oxygens (including phenoxy) is 1. The van der Waals surface area contributed by atoms with E-state index >= 15 is 0 Å². The van der Waals surface area contributed by atoms with Gasteiger partial charge in [0.25, 0.3) is 0 Å². The average molecular weight is 252 g/mol. The Hall–Kier alpha value is -2.35. The summed E-state index contributed by atoms with van der Waals surface area (Å²) in [4.78, 5) is 12.0. The molecule has 96 valence electrons. The molecule has 19 heavy (non-hydrogen) atoms. The summed E-state index contributed by atoms with van der Waals surface area (Å²) >= 11 is 0. The minimum atomic E-state index is -0.00750. The number of hydrogen-bond acceptors (Lipinski definition) is 2. The highest BCUT2D eigenvalue weighted by Gasteiger charge is 2.01. The van der Waals surface area contributed by atoms with Gasteiger partial charge < -0.3 is 4.74 Å². The molecule has 0 saturated carbocycles. The van der Waals surface area contributed by atoms with Crippen LogP contribution in [0.2, 0.25) is 0 Å². The van der Waals surface area contributed by atoms with Crippen LogP contribution < -0.4 is 4.74 Å². The van der Waals surface area contributed by atoms with Crippen LogP contribution in [-0.2, 0) is 0 Å². The number of ketones is 1. The molecule has 2 heteroatoms. The third-order valence-corrected chi connectivity index (χ3v) is 2.68. The van der Waals surface area contributed by atoms with Crippen molar-refractivity contribution in [3.63, 3.8) is 0 Å². The van der Waals surface area contributed by atoms with Crippen LogP contribution in [0.4, 0.5) is 0 Å². The Balaban J connectivity index is 2.05. The summed E-state index contributed by atoms with van der Waals surface area (Å²) in [5.74, 6) is 0.776. The lowest BCUT2D eigenvalue weighted by atomic mass is 10.1. The van der Waals surface area contributed by atoms with Gasteiger partial charge in [0.15, 0.2) is 5.78 Å². The van der Waals surface area contributed by atoms with Crippen molar-refractivity contribution in [2.24, 2.45) is 0 Å². The molecule has 2 nitrogen and oxygen atoms in total. The molecule has 0 N–H and O–H groups in total. The summed E-state index contributed by atoms with van der Waals surface area (Å²) in [6, 6.07) is 16.9. The van der Waals surface area contributed by atoms with E-state index in [9.17, 15) is 4.79 Å². The zero-order valence-electron chi connectivity index (χ0n) is 10.9. The molecule has 0 unspecified atom stereocenters. The maximum atomic E-state index is 12.0. The van der Waals surface area contributed by atoms with Gasteiger partial charge >= 0.3 is 0 Å². The van der Waals surface area contributed by atoms with Crippen molar-refractivity contribution in [2.45, 2.75) is 6.92 Å². The fourth-order valence-corrected chi connectivity index (χ4v) is 1.71. The Morgan fingerprint density at radius 1 is 1.05 bits per heavy atom. The number of hydrogen-bond donors (Lipinski definition) is 0. The van der Waals surface area contributed by atoms with Crippen LogP contribution in [-0.4, -0.2) is 12.4 Å². The summed E-state index contributed by atoms with van der Waals surface area (Å²) in [5.41, 5.74) is 1.68. The Labute approximate surface area is 113 Å². The van der Waals surface area contributed by atoms with Gasteiger partial charge in [-0.3, -0.25) is 4.79 Å². The second kappa shape index (κ2) is 6.55. The summed E-state index contributed by atoms with van der Waals surface area (Å²) in [5, 5.41) is 0. The van der Waals surface area contributed by atoms with Crippen LogP contribution in [0.3, 0.4) is 0 Å². The molecule has 0 radical (unpaired) electrons. The van der Waals surface area contributed by atoms with Crippen LogP contribution in [0.15, 0.2) is 60.7 Å². The van der Waals surface area contributed by atoms with Crippen LogP contribution in [0.25, 0.3) is 6.08 Å². The summed E-state index contributed by atoms with van der Waals surface area (Å²) < 4.78 is 5.34. The van der Waals surface area contributed by atoms with E-state index in [4.69, 9.17) is 4.74 Å². The van der Waals surface area contributed by atoms with E-state index in [2.05, 4.69) is 0 Å². The molecule has 0 aliphatic rings. The standard InChI is InChI=1S/C17H16O2/c1-2-19-16-11-9-15(10-12-16)17(18)13-8-14-6-4-3-5-7-14/h3-13H,2H2,1H3/b13-8+. The van der Waals surface area contributed by atoms with Crippen LogP contribution in [0, 0.1) is 0 Å². The third-order valence-electron chi connectivity index (χ3n) is 2.68. The van der Waals surface area contributed by atoms with Crippen molar-refractivity contribution in [1.82, 2.24) is 0 Å². The smallest absolute Gasteiger partial charge is 0.185 e. The van der Waals surface area contributed by atoms with E-state index in [1.54, 1.807) is 18.2 Å². The Morgan fingerprint density at radius 3 is 2.37 bits per heavy atom. The fourth-order valence-electron chi connectivity index (χ4n) is 1.71. The molecular formula is C17H16O2. The molecule has 0 amide bonds. The van der Waals surface area contributed by atoms with Gasteiger partial charge in [0.1, 0.15) is 5.75 Å². The predicted octanol–water partition coefficient (Wildman–Crippen LogP) is 3.98. The van der Waals surface area contributed by atoms with Crippen molar-refractivity contribution in [3.05, 3.63) is 71.8 Å². The first-order valence-corrected chi connectivity index (χ1v) is 6.30. The van der Waals surface area contributed by atoms with Crippen molar-refractivity contribution in [2.75, 3.05) is 6.61 Å². The lowest BCUT2D eigenvalue weighted by Crippen LogP contribution is -1.95. The molecule has 2 aromatic carbocycles. The highest BCUT2D eigenvalue weighted by Crippen LogP contribution is 2.13. The quantitative estimate of drug-likeness (QED) is 0.594. The maximum Gasteiger partial charge on any atom is 0.185 e. The molecule has 0 aromatic heterocycles. The molecular weight excluding hydrogens is 236 g/mol. The lowest BCUT2D eigenvalue weighted by Gasteiger charge is -2.02. The van der Waals surface area contributed by atoms with E-state index in [1.165, 1.54) is 0 Å². The zero-order valence-corrected chi connectivity index (χ0v) is 10.9. The number of carbonyl (C=O) groups is 1. The van der Waals surface area contributed by atoms with Gasteiger partial charge in [0.2, 0.25) is 0 Å². The van der Waals surface area contributed by atoms with Crippen LogP contribution >= 0.6 is 0 Å². The molecule has 0 heterocycles. The van der Waals surface area contributed by atoms with E-state index in [0.717, 1.165) is 11.3 Å². The number of benzene rings is 2. The lowest BCUT2D eigenvalue weighted by molar-refractivity contribution is 0.104. The fraction of sp³-hybridized carbons (Fsp3) is 0.118. The number of carbonyl (C=O) groups excluding carboxylic acids is 1. The van der Waals surface area contributed by atoms with E-state index in [1.807, 2.05) is 55.5 Å². The minimum absolute atomic E-state index is 0.00750. The molecule has 0 bridgehead atoms. The van der Waals surface area contributed by atoms with Gasteiger partial charge in [0, 0.05) is 5.56 Å². The van der Waals surface area contributed by atoms with Crippen LogP contribution in [0.5, 0.6) is 5.75 Å². The highest BCUT2D eigenvalue weighted by molar-refractivity contribution is 6.06. The van der Waals surface area contributed by atoms with Gasteiger partial charge in [-0.05, 0) is 42.8 Å². The van der Waals surface area contributed by atoms with Gasteiger partial charge in [-0.25, -0.2) is 0 Å². The Kier molecular flexibility index (Phi) is 4.51. The van der Waals surface area contributed by atoms with E-state index in [0.29, 0.717) is 12.2 Å². The van der Waals surface area contributed by atoms with Crippen molar-refractivity contribution >= 4 is 11.9 Å². The molecule has 0 fully saturated rings. The zero-order chi connectivity index (χ0) is 13.5. The summed E-state index contributed by atoms with van der Waals surface area (Å²) in [6.45, 7) is 2.56. The second-order valence-corrected chi connectivity index (χ2v) is 4.07. The minimum Gasteiger partial charge on any atom is -0.494 e. The topological polar surface area (TPSA) is 26.3 Å². The van der Waals surface area contributed by atoms with Gasteiger partial charge in [-0.1, -0.05) is 36.4 Å². The first kappa shape index (κ1) is 13.1. The molecule has 0 aliphatic carbocycles. The van der Waals surface area contributed by atoms with E-state index in [-0.39, 0.29) is 5.78 Å². The van der Waals surface area contributed by atoms with Crippen molar-refractivity contribution in [1.29, 1.82) is 0 Å². The Bertz CT molecular complexity index is 554. The molecule has 0 aliphatic heterocycles. The molecule has 0 atom stereocenters. The highest BCUT2D eigenvalue weighted by atomic mass is 16.5. The predicted molar refractivity (Wildman–Crippen MR) is 77.4 cm³/mol. The van der Waals surface area contributed by atoms with Crippen molar-refractivity contribution in [3.8, 4) is 5.75 Å². The van der Waals surface area contributed by atoms with Crippen molar-refractivity contribution < 1.29 is 9.53 Å². The largest absolute Gasteiger partial charge is 0.494 e. The SMILES string of the molecule is CCOc1ccc(C(=O)/C=C/c2ccccc2)cc1. The summed E-state index contributed by atoms with van der Waals surface area (Å²) in [7, 11) is 0. The number of allylic oxidation sites excluding steroid dienone is 1. The van der Waals surface area contributed by atoms with Crippen LogP contribution in [0.1, 0.15) is 22.8 Å². The normalized spacial score (nSPS) is 10.6. The van der Waals surface area contributed by atoms with Gasteiger partial charge in [0.05, 0.1) is 6.61 Å². The maximum absolute atomic E-state index is 12.0. The monoisotopic (exact) mass is 252 g/mol. The first-order chi connectivity index (χ1) is 9.29.